The molecular formula is C14H10BrF2I. The molecule has 0 aliphatic rings. The van der Waals surface area contributed by atoms with Crippen molar-refractivity contribution in [2.24, 2.45) is 0 Å². The standard InChI is InChI=1S/C14H10BrF2I/c15-12(9-4-6-11(18)7-5-9)8-10-2-1-3-13(16)14(10)17/h1-7,12H,8H2. The molecule has 0 aromatic heterocycles. The summed E-state index contributed by atoms with van der Waals surface area (Å²) in [6, 6.07) is 12.2. The molecule has 0 saturated carbocycles. The van der Waals surface area contributed by atoms with Gasteiger partial charge in [-0.25, -0.2) is 8.78 Å². The number of alkyl halides is 1. The van der Waals surface area contributed by atoms with Crippen molar-refractivity contribution < 1.29 is 8.78 Å². The fourth-order valence-corrected chi connectivity index (χ4v) is 2.70. The van der Waals surface area contributed by atoms with Crippen LogP contribution in [0.25, 0.3) is 0 Å². The lowest BCUT2D eigenvalue weighted by atomic mass is 10.0. The molecule has 0 saturated heterocycles. The summed E-state index contributed by atoms with van der Waals surface area (Å²) in [5, 5.41) is 0. The highest BCUT2D eigenvalue weighted by Gasteiger charge is 2.13. The molecule has 0 bridgehead atoms. The molecule has 2 aromatic rings. The molecule has 0 fully saturated rings. The van der Waals surface area contributed by atoms with Gasteiger partial charge in [0.2, 0.25) is 0 Å². The summed E-state index contributed by atoms with van der Waals surface area (Å²) >= 11 is 5.74. The van der Waals surface area contributed by atoms with Gasteiger partial charge >= 0.3 is 0 Å². The van der Waals surface area contributed by atoms with Gasteiger partial charge in [-0.1, -0.05) is 40.2 Å². The molecule has 1 unspecified atom stereocenters. The van der Waals surface area contributed by atoms with Crippen molar-refractivity contribution in [2.45, 2.75) is 11.2 Å². The van der Waals surface area contributed by atoms with Crippen LogP contribution in [-0.2, 0) is 6.42 Å². The molecule has 2 aromatic carbocycles. The molecule has 0 aliphatic carbocycles. The molecule has 94 valence electrons. The molecule has 0 amide bonds. The average Bonchev–Trinajstić information content (AvgIpc) is 2.36. The van der Waals surface area contributed by atoms with Gasteiger partial charge in [-0.2, -0.15) is 0 Å². The van der Waals surface area contributed by atoms with Crippen molar-refractivity contribution in [1.82, 2.24) is 0 Å². The van der Waals surface area contributed by atoms with E-state index in [0.29, 0.717) is 12.0 Å². The fraction of sp³-hybridized carbons (Fsp3) is 0.143. The van der Waals surface area contributed by atoms with E-state index >= 15 is 0 Å². The molecule has 0 radical (unpaired) electrons. The van der Waals surface area contributed by atoms with Crippen molar-refractivity contribution >= 4 is 38.5 Å². The fourth-order valence-electron chi connectivity index (χ4n) is 1.69. The third-order valence-electron chi connectivity index (χ3n) is 2.66. The Morgan fingerprint density at radius 2 is 1.72 bits per heavy atom. The monoisotopic (exact) mass is 422 g/mol. The van der Waals surface area contributed by atoms with E-state index in [0.717, 1.165) is 15.2 Å². The minimum atomic E-state index is -0.796. The summed E-state index contributed by atoms with van der Waals surface area (Å²) in [4.78, 5) is -0.0224. The number of rotatable bonds is 3. The lowest BCUT2D eigenvalue weighted by Crippen LogP contribution is -2.00. The lowest BCUT2D eigenvalue weighted by molar-refractivity contribution is 0.498. The summed E-state index contributed by atoms with van der Waals surface area (Å²) in [5.74, 6) is -1.55. The number of hydrogen-bond donors (Lipinski definition) is 0. The van der Waals surface area contributed by atoms with Crippen LogP contribution >= 0.6 is 38.5 Å². The zero-order chi connectivity index (χ0) is 13.1. The first kappa shape index (κ1) is 13.9. The van der Waals surface area contributed by atoms with Gasteiger partial charge in [0.1, 0.15) is 0 Å². The summed E-state index contributed by atoms with van der Waals surface area (Å²) in [5.41, 5.74) is 1.44. The van der Waals surface area contributed by atoms with Crippen molar-refractivity contribution in [1.29, 1.82) is 0 Å². The quantitative estimate of drug-likeness (QED) is 0.468. The molecule has 2 rings (SSSR count). The van der Waals surface area contributed by atoms with E-state index in [1.54, 1.807) is 6.07 Å². The highest BCUT2D eigenvalue weighted by molar-refractivity contribution is 14.1. The van der Waals surface area contributed by atoms with Gasteiger partial charge < -0.3 is 0 Å². The van der Waals surface area contributed by atoms with Gasteiger partial charge in [0.15, 0.2) is 11.6 Å². The maximum absolute atomic E-state index is 13.5. The van der Waals surface area contributed by atoms with Crippen LogP contribution in [0.2, 0.25) is 0 Å². The molecule has 0 nitrogen and oxygen atoms in total. The Kier molecular flexibility index (Phi) is 4.72. The third-order valence-corrected chi connectivity index (χ3v) is 4.23. The molecule has 0 spiro atoms. The molecular weight excluding hydrogens is 413 g/mol. The zero-order valence-corrected chi connectivity index (χ0v) is 13.1. The number of halogens is 4. The summed E-state index contributed by atoms with van der Waals surface area (Å²) < 4.78 is 27.8. The van der Waals surface area contributed by atoms with E-state index < -0.39 is 11.6 Å². The first-order chi connectivity index (χ1) is 8.58. The Bertz CT molecular complexity index is 540. The van der Waals surface area contributed by atoms with E-state index in [9.17, 15) is 8.78 Å². The Morgan fingerprint density at radius 1 is 1.06 bits per heavy atom. The Balaban J connectivity index is 2.18. The topological polar surface area (TPSA) is 0 Å². The maximum Gasteiger partial charge on any atom is 0.162 e. The second-order valence-electron chi connectivity index (χ2n) is 3.94. The predicted molar refractivity (Wildman–Crippen MR) is 80.9 cm³/mol. The minimum Gasteiger partial charge on any atom is -0.204 e. The minimum absolute atomic E-state index is 0.0224. The Labute approximate surface area is 127 Å². The molecule has 0 aliphatic heterocycles. The molecule has 0 N–H and O–H groups in total. The van der Waals surface area contributed by atoms with Gasteiger partial charge in [-0.15, -0.1) is 0 Å². The van der Waals surface area contributed by atoms with E-state index in [-0.39, 0.29) is 4.83 Å². The van der Waals surface area contributed by atoms with Gasteiger partial charge in [-0.05, 0) is 58.3 Å². The summed E-state index contributed by atoms with van der Waals surface area (Å²) in [7, 11) is 0. The number of benzene rings is 2. The predicted octanol–water partition coefficient (Wildman–Crippen LogP) is 5.25. The maximum atomic E-state index is 13.5. The molecule has 4 heteroatoms. The van der Waals surface area contributed by atoms with Crippen LogP contribution in [0.1, 0.15) is 16.0 Å². The smallest absolute Gasteiger partial charge is 0.162 e. The third kappa shape index (κ3) is 3.29. The summed E-state index contributed by atoms with van der Waals surface area (Å²) in [6.45, 7) is 0. The first-order valence-electron chi connectivity index (χ1n) is 5.40. The zero-order valence-electron chi connectivity index (χ0n) is 9.34. The van der Waals surface area contributed by atoms with Gasteiger partial charge in [-0.3, -0.25) is 0 Å². The van der Waals surface area contributed by atoms with Crippen molar-refractivity contribution in [3.05, 3.63) is 68.8 Å². The average molecular weight is 423 g/mol. The van der Waals surface area contributed by atoms with E-state index in [2.05, 4.69) is 38.5 Å². The SMILES string of the molecule is Fc1cccc(CC(Br)c2ccc(I)cc2)c1F. The van der Waals surface area contributed by atoms with Crippen molar-refractivity contribution in [3.63, 3.8) is 0 Å². The Morgan fingerprint density at radius 3 is 2.39 bits per heavy atom. The number of hydrogen-bond acceptors (Lipinski definition) is 0. The van der Waals surface area contributed by atoms with Crippen LogP contribution in [0.15, 0.2) is 42.5 Å². The van der Waals surface area contributed by atoms with Gasteiger partial charge in [0, 0.05) is 8.40 Å². The molecule has 0 heterocycles. The highest BCUT2D eigenvalue weighted by Crippen LogP contribution is 2.28. The van der Waals surface area contributed by atoms with Crippen LogP contribution < -0.4 is 0 Å². The second-order valence-corrected chi connectivity index (χ2v) is 6.29. The van der Waals surface area contributed by atoms with E-state index in [1.165, 1.54) is 6.07 Å². The largest absolute Gasteiger partial charge is 0.204 e. The summed E-state index contributed by atoms with van der Waals surface area (Å²) in [6.07, 6.45) is 0.421. The van der Waals surface area contributed by atoms with Gasteiger partial charge in [0.25, 0.3) is 0 Å². The molecule has 18 heavy (non-hydrogen) atoms. The van der Waals surface area contributed by atoms with Crippen molar-refractivity contribution in [3.8, 4) is 0 Å². The normalized spacial score (nSPS) is 12.4. The van der Waals surface area contributed by atoms with E-state index in [1.807, 2.05) is 24.3 Å². The van der Waals surface area contributed by atoms with Gasteiger partial charge in [0.05, 0.1) is 0 Å². The Hall–Kier alpha value is -0.490. The van der Waals surface area contributed by atoms with Crippen LogP contribution in [-0.4, -0.2) is 0 Å². The van der Waals surface area contributed by atoms with Crippen LogP contribution in [0.5, 0.6) is 0 Å². The van der Waals surface area contributed by atoms with Crippen molar-refractivity contribution in [2.75, 3.05) is 0 Å². The van der Waals surface area contributed by atoms with Crippen LogP contribution in [0, 0.1) is 15.2 Å². The second kappa shape index (κ2) is 6.10. The lowest BCUT2D eigenvalue weighted by Gasteiger charge is -2.11. The van der Waals surface area contributed by atoms with Crippen LogP contribution in [0.4, 0.5) is 8.78 Å². The molecule has 1 atom stereocenters. The van der Waals surface area contributed by atoms with Crippen LogP contribution in [0.3, 0.4) is 0 Å². The van der Waals surface area contributed by atoms with E-state index in [4.69, 9.17) is 0 Å². The highest BCUT2D eigenvalue weighted by atomic mass is 127. The first-order valence-corrected chi connectivity index (χ1v) is 7.40.